The van der Waals surface area contributed by atoms with Crippen molar-refractivity contribution in [2.24, 2.45) is 5.92 Å². The Morgan fingerprint density at radius 3 is 2.37 bits per heavy atom. The Kier molecular flexibility index (Phi) is 3.71. The molecule has 108 valence electrons. The van der Waals surface area contributed by atoms with Crippen molar-refractivity contribution < 1.29 is 19.4 Å². The third-order valence-electron chi connectivity index (χ3n) is 4.22. The number of urea groups is 1. The van der Waals surface area contributed by atoms with Gasteiger partial charge in [0.05, 0.1) is 0 Å². The third-order valence-corrected chi connectivity index (χ3v) is 4.22. The number of rotatable bonds is 4. The van der Waals surface area contributed by atoms with Crippen LogP contribution in [0, 0.1) is 5.92 Å². The molecule has 1 atom stereocenters. The number of amides is 2. The number of hydrogen-bond donors (Lipinski definition) is 3. The predicted octanol–water partition coefficient (Wildman–Crippen LogP) is 1.11. The number of hydrogen-bond acceptors (Lipinski definition) is 3. The van der Waals surface area contributed by atoms with Crippen molar-refractivity contribution in [2.75, 3.05) is 13.2 Å². The van der Waals surface area contributed by atoms with Crippen LogP contribution in [0.1, 0.15) is 39.5 Å². The highest BCUT2D eigenvalue weighted by molar-refractivity contribution is 5.86. The molecule has 1 unspecified atom stereocenters. The molecule has 6 heteroatoms. The molecule has 2 fully saturated rings. The minimum Gasteiger partial charge on any atom is -0.480 e. The average molecular weight is 270 g/mol. The molecule has 0 aromatic rings. The van der Waals surface area contributed by atoms with E-state index in [4.69, 9.17) is 4.74 Å². The summed E-state index contributed by atoms with van der Waals surface area (Å²) in [5.74, 6) is -0.930. The van der Waals surface area contributed by atoms with Crippen LogP contribution in [0.5, 0.6) is 0 Å². The molecule has 6 nitrogen and oxygen atoms in total. The maximum absolute atomic E-state index is 12.0. The van der Waals surface area contributed by atoms with Crippen molar-refractivity contribution in [1.82, 2.24) is 10.6 Å². The first kappa shape index (κ1) is 14.1. The summed E-state index contributed by atoms with van der Waals surface area (Å²) in [6.45, 7) is 4.79. The second-order valence-electron chi connectivity index (χ2n) is 6.03. The summed E-state index contributed by atoms with van der Waals surface area (Å²) in [7, 11) is 0. The van der Waals surface area contributed by atoms with Crippen molar-refractivity contribution in [3.63, 3.8) is 0 Å². The number of carbonyl (C=O) groups excluding carboxylic acids is 1. The number of carboxylic acids is 1. The predicted molar refractivity (Wildman–Crippen MR) is 68.9 cm³/mol. The Balaban J connectivity index is 1.94. The SMILES string of the molecule is CC1(NC(=O)NC(C)(C(=O)O)C2CC2)CCOCC1. The smallest absolute Gasteiger partial charge is 0.329 e. The molecule has 1 saturated carbocycles. The molecule has 0 bridgehead atoms. The van der Waals surface area contributed by atoms with Crippen LogP contribution in [0.25, 0.3) is 0 Å². The molecule has 2 rings (SSSR count). The lowest BCUT2D eigenvalue weighted by Gasteiger charge is -2.36. The average Bonchev–Trinajstić information content (AvgIpc) is 3.12. The fraction of sp³-hybridized carbons (Fsp3) is 0.846. The molecule has 0 radical (unpaired) electrons. The third kappa shape index (κ3) is 3.18. The molecule has 1 heterocycles. The van der Waals surface area contributed by atoms with Gasteiger partial charge in [0.1, 0.15) is 5.54 Å². The number of nitrogens with one attached hydrogen (secondary N) is 2. The standard InChI is InChI=1S/C13H22N2O4/c1-12(5-7-19-8-6-12)14-11(18)15-13(2,10(16)17)9-3-4-9/h9H,3-8H2,1-2H3,(H,16,17)(H2,14,15,18). The summed E-state index contributed by atoms with van der Waals surface area (Å²) in [6, 6.07) is -0.402. The molecule has 2 aliphatic rings. The highest BCUT2D eigenvalue weighted by Gasteiger charge is 2.49. The molecule has 1 aliphatic heterocycles. The van der Waals surface area contributed by atoms with Gasteiger partial charge in [0.25, 0.3) is 0 Å². The normalized spacial score (nSPS) is 25.2. The highest BCUT2D eigenvalue weighted by atomic mass is 16.5. The van der Waals surface area contributed by atoms with Gasteiger partial charge in [-0.15, -0.1) is 0 Å². The monoisotopic (exact) mass is 270 g/mol. The summed E-state index contributed by atoms with van der Waals surface area (Å²) < 4.78 is 5.27. The molecule has 0 aromatic heterocycles. The zero-order chi connectivity index (χ0) is 14.1. The molecule has 1 aliphatic carbocycles. The van der Waals surface area contributed by atoms with Crippen molar-refractivity contribution >= 4 is 12.0 Å². The first-order valence-electron chi connectivity index (χ1n) is 6.77. The van der Waals surface area contributed by atoms with Crippen molar-refractivity contribution in [2.45, 2.75) is 50.6 Å². The number of aliphatic carboxylic acids is 1. The van der Waals surface area contributed by atoms with Gasteiger partial charge in [-0.2, -0.15) is 0 Å². The van der Waals surface area contributed by atoms with E-state index in [9.17, 15) is 14.7 Å². The lowest BCUT2D eigenvalue weighted by Crippen LogP contribution is -2.61. The van der Waals surface area contributed by atoms with Crippen LogP contribution in [-0.4, -0.2) is 41.4 Å². The van der Waals surface area contributed by atoms with Crippen LogP contribution in [-0.2, 0) is 9.53 Å². The van der Waals surface area contributed by atoms with Crippen LogP contribution < -0.4 is 10.6 Å². The summed E-state index contributed by atoms with van der Waals surface area (Å²) in [5.41, 5.74) is -1.48. The molecule has 19 heavy (non-hydrogen) atoms. The Morgan fingerprint density at radius 2 is 1.89 bits per heavy atom. The van der Waals surface area contributed by atoms with Crippen LogP contribution in [0.3, 0.4) is 0 Å². The second kappa shape index (κ2) is 5.00. The second-order valence-corrected chi connectivity index (χ2v) is 6.03. The minimum atomic E-state index is -1.16. The minimum absolute atomic E-state index is 0.0400. The Bertz CT molecular complexity index is 375. The van der Waals surface area contributed by atoms with Gasteiger partial charge in [-0.3, -0.25) is 0 Å². The van der Waals surface area contributed by atoms with Crippen LogP contribution in [0.15, 0.2) is 0 Å². The molecule has 3 N–H and O–H groups in total. The van der Waals surface area contributed by atoms with E-state index in [0.29, 0.717) is 13.2 Å². The van der Waals surface area contributed by atoms with Crippen LogP contribution >= 0.6 is 0 Å². The van der Waals surface area contributed by atoms with E-state index < -0.39 is 17.5 Å². The fourth-order valence-electron chi connectivity index (χ4n) is 2.48. The van der Waals surface area contributed by atoms with Crippen LogP contribution in [0.2, 0.25) is 0 Å². The van der Waals surface area contributed by atoms with Crippen molar-refractivity contribution in [3.05, 3.63) is 0 Å². The van der Waals surface area contributed by atoms with Gasteiger partial charge in [0.2, 0.25) is 0 Å². The molecule has 1 saturated heterocycles. The Morgan fingerprint density at radius 1 is 1.32 bits per heavy atom. The van der Waals surface area contributed by atoms with Crippen molar-refractivity contribution in [1.29, 1.82) is 0 Å². The highest BCUT2D eigenvalue weighted by Crippen LogP contribution is 2.39. The van der Waals surface area contributed by atoms with E-state index in [2.05, 4.69) is 10.6 Å². The quantitative estimate of drug-likeness (QED) is 0.714. The van der Waals surface area contributed by atoms with Gasteiger partial charge < -0.3 is 20.5 Å². The van der Waals surface area contributed by atoms with E-state index in [1.807, 2.05) is 6.92 Å². The van der Waals surface area contributed by atoms with Crippen molar-refractivity contribution in [3.8, 4) is 0 Å². The van der Waals surface area contributed by atoms with E-state index in [1.54, 1.807) is 6.92 Å². The maximum atomic E-state index is 12.0. The summed E-state index contributed by atoms with van der Waals surface area (Å²) in [6.07, 6.45) is 3.20. The maximum Gasteiger partial charge on any atom is 0.329 e. The lowest BCUT2D eigenvalue weighted by atomic mass is 9.92. The van der Waals surface area contributed by atoms with E-state index in [-0.39, 0.29) is 11.5 Å². The number of carbonyl (C=O) groups is 2. The summed E-state index contributed by atoms with van der Waals surface area (Å²) in [4.78, 5) is 23.4. The molecule has 0 aromatic carbocycles. The van der Waals surface area contributed by atoms with Gasteiger partial charge in [-0.05, 0) is 45.4 Å². The van der Waals surface area contributed by atoms with E-state index in [0.717, 1.165) is 25.7 Å². The zero-order valence-electron chi connectivity index (χ0n) is 11.5. The number of ether oxygens (including phenoxy) is 1. The lowest BCUT2D eigenvalue weighted by molar-refractivity contribution is -0.144. The molecular formula is C13H22N2O4. The first-order chi connectivity index (χ1) is 8.86. The largest absolute Gasteiger partial charge is 0.480 e. The fourth-order valence-corrected chi connectivity index (χ4v) is 2.48. The van der Waals surface area contributed by atoms with Gasteiger partial charge in [0.15, 0.2) is 0 Å². The van der Waals surface area contributed by atoms with Gasteiger partial charge in [0, 0.05) is 18.8 Å². The molecule has 2 amide bonds. The van der Waals surface area contributed by atoms with E-state index >= 15 is 0 Å². The van der Waals surface area contributed by atoms with Gasteiger partial charge >= 0.3 is 12.0 Å². The number of carboxylic acid groups (broad SMARTS) is 1. The summed E-state index contributed by atoms with van der Waals surface area (Å²) in [5, 5.41) is 14.8. The Hall–Kier alpha value is -1.30. The molecule has 0 spiro atoms. The topological polar surface area (TPSA) is 87.7 Å². The van der Waals surface area contributed by atoms with Crippen LogP contribution in [0.4, 0.5) is 4.79 Å². The summed E-state index contributed by atoms with van der Waals surface area (Å²) >= 11 is 0. The van der Waals surface area contributed by atoms with Gasteiger partial charge in [-0.1, -0.05) is 0 Å². The molecular weight excluding hydrogens is 248 g/mol. The first-order valence-corrected chi connectivity index (χ1v) is 6.77. The zero-order valence-corrected chi connectivity index (χ0v) is 11.5. The Labute approximate surface area is 112 Å². The van der Waals surface area contributed by atoms with E-state index in [1.165, 1.54) is 0 Å². The van der Waals surface area contributed by atoms with Gasteiger partial charge in [-0.25, -0.2) is 9.59 Å².